The fraction of sp³-hybridized carbons (Fsp3) is 0.231. The molecule has 158 valence electrons. The van der Waals surface area contributed by atoms with E-state index in [1.807, 2.05) is 47.4 Å². The molecule has 0 saturated heterocycles. The van der Waals surface area contributed by atoms with Gasteiger partial charge in [0.15, 0.2) is 0 Å². The van der Waals surface area contributed by atoms with Gasteiger partial charge < -0.3 is 9.64 Å². The number of hydrogen-bond acceptors (Lipinski definition) is 3. The number of rotatable bonds is 7. The second-order valence-corrected chi connectivity index (χ2v) is 7.61. The maximum absolute atomic E-state index is 13.4. The van der Waals surface area contributed by atoms with Crippen LogP contribution in [0, 0.1) is 6.92 Å². The van der Waals surface area contributed by atoms with E-state index < -0.39 is 0 Å². The highest BCUT2D eigenvalue weighted by Gasteiger charge is 2.22. The summed E-state index contributed by atoms with van der Waals surface area (Å²) in [6.45, 7) is 5.19. The standard InChI is InChI=1S/C26H27N3O2/c1-4-17-28(26(30)21-9-5-8-12-24(21)31-3)18-25-27-22-10-6-7-11-23(22)29(25)20-15-13-19(2)14-16-20/h5-16H,4,17-18H2,1-3H3. The second-order valence-electron chi connectivity index (χ2n) is 7.61. The van der Waals surface area contributed by atoms with Gasteiger partial charge in [0.1, 0.15) is 11.6 Å². The molecule has 0 spiro atoms. The van der Waals surface area contributed by atoms with Crippen LogP contribution < -0.4 is 4.74 Å². The van der Waals surface area contributed by atoms with Gasteiger partial charge in [0, 0.05) is 12.2 Å². The lowest BCUT2D eigenvalue weighted by Crippen LogP contribution is -2.32. The summed E-state index contributed by atoms with van der Waals surface area (Å²) in [6.07, 6.45) is 0.853. The van der Waals surface area contributed by atoms with E-state index in [1.165, 1.54) is 5.56 Å². The average molecular weight is 414 g/mol. The van der Waals surface area contributed by atoms with Crippen LogP contribution in [0.5, 0.6) is 5.75 Å². The van der Waals surface area contributed by atoms with Crippen LogP contribution in [0.3, 0.4) is 0 Å². The van der Waals surface area contributed by atoms with Crippen molar-refractivity contribution in [3.8, 4) is 11.4 Å². The molecule has 0 bridgehead atoms. The molecule has 31 heavy (non-hydrogen) atoms. The van der Waals surface area contributed by atoms with Gasteiger partial charge in [-0.1, -0.05) is 48.9 Å². The smallest absolute Gasteiger partial charge is 0.258 e. The van der Waals surface area contributed by atoms with E-state index in [0.717, 1.165) is 29.0 Å². The first kappa shape index (κ1) is 20.7. The van der Waals surface area contributed by atoms with Gasteiger partial charge in [-0.3, -0.25) is 9.36 Å². The molecular weight excluding hydrogens is 386 g/mol. The van der Waals surface area contributed by atoms with Gasteiger partial charge in [-0.05, 0) is 49.7 Å². The predicted octanol–water partition coefficient (Wildman–Crippen LogP) is 5.39. The molecule has 0 fully saturated rings. The van der Waals surface area contributed by atoms with Crippen LogP contribution >= 0.6 is 0 Å². The zero-order valence-corrected chi connectivity index (χ0v) is 18.2. The van der Waals surface area contributed by atoms with E-state index in [2.05, 4.69) is 48.7 Å². The summed E-state index contributed by atoms with van der Waals surface area (Å²) in [6, 6.07) is 23.8. The van der Waals surface area contributed by atoms with Crippen molar-refractivity contribution < 1.29 is 9.53 Å². The largest absolute Gasteiger partial charge is 0.496 e. The Balaban J connectivity index is 1.77. The zero-order valence-electron chi connectivity index (χ0n) is 18.2. The maximum Gasteiger partial charge on any atom is 0.258 e. The number of nitrogens with zero attached hydrogens (tertiary/aromatic N) is 3. The summed E-state index contributed by atoms with van der Waals surface area (Å²) in [5.74, 6) is 1.37. The van der Waals surface area contributed by atoms with Gasteiger partial charge in [0.05, 0.1) is 30.3 Å². The van der Waals surface area contributed by atoms with Crippen LogP contribution in [0.2, 0.25) is 0 Å². The minimum absolute atomic E-state index is 0.0539. The summed E-state index contributed by atoms with van der Waals surface area (Å²) in [4.78, 5) is 20.2. The molecule has 0 aliphatic rings. The summed E-state index contributed by atoms with van der Waals surface area (Å²) >= 11 is 0. The van der Waals surface area contributed by atoms with Crippen molar-refractivity contribution in [3.05, 3.63) is 89.7 Å². The Morgan fingerprint density at radius 1 is 1.00 bits per heavy atom. The van der Waals surface area contributed by atoms with E-state index in [4.69, 9.17) is 9.72 Å². The van der Waals surface area contributed by atoms with Crippen molar-refractivity contribution in [2.75, 3.05) is 13.7 Å². The molecule has 0 saturated carbocycles. The minimum Gasteiger partial charge on any atom is -0.496 e. The van der Waals surface area contributed by atoms with Gasteiger partial charge in [-0.2, -0.15) is 0 Å². The van der Waals surface area contributed by atoms with Crippen molar-refractivity contribution in [1.82, 2.24) is 14.5 Å². The van der Waals surface area contributed by atoms with Crippen LogP contribution in [-0.2, 0) is 6.54 Å². The number of carbonyl (C=O) groups is 1. The molecule has 1 amide bonds. The third kappa shape index (κ3) is 4.17. The molecule has 5 nitrogen and oxygen atoms in total. The van der Waals surface area contributed by atoms with Crippen LogP contribution in [-0.4, -0.2) is 34.0 Å². The monoisotopic (exact) mass is 413 g/mol. The lowest BCUT2D eigenvalue weighted by atomic mass is 10.1. The lowest BCUT2D eigenvalue weighted by Gasteiger charge is -2.23. The van der Waals surface area contributed by atoms with E-state index >= 15 is 0 Å². The molecule has 0 radical (unpaired) electrons. The van der Waals surface area contributed by atoms with Gasteiger partial charge in [0.25, 0.3) is 5.91 Å². The van der Waals surface area contributed by atoms with E-state index in [-0.39, 0.29) is 5.91 Å². The summed E-state index contributed by atoms with van der Waals surface area (Å²) < 4.78 is 7.57. The SMILES string of the molecule is CCCN(Cc1nc2ccccc2n1-c1ccc(C)cc1)C(=O)c1ccccc1OC. The highest BCUT2D eigenvalue weighted by atomic mass is 16.5. The third-order valence-electron chi connectivity index (χ3n) is 5.37. The number of benzene rings is 3. The Bertz CT molecular complexity index is 1190. The minimum atomic E-state index is -0.0539. The predicted molar refractivity (Wildman–Crippen MR) is 124 cm³/mol. The number of aromatic nitrogens is 2. The molecule has 4 aromatic rings. The number of aryl methyl sites for hydroxylation is 1. The summed E-state index contributed by atoms with van der Waals surface area (Å²) in [7, 11) is 1.59. The Morgan fingerprint density at radius 2 is 1.71 bits per heavy atom. The molecule has 1 heterocycles. The molecule has 3 aromatic carbocycles. The van der Waals surface area contributed by atoms with Crippen molar-refractivity contribution >= 4 is 16.9 Å². The maximum atomic E-state index is 13.4. The fourth-order valence-electron chi connectivity index (χ4n) is 3.85. The number of imidazole rings is 1. The van der Waals surface area contributed by atoms with E-state index in [0.29, 0.717) is 24.4 Å². The van der Waals surface area contributed by atoms with Gasteiger partial charge in [0.2, 0.25) is 0 Å². The molecular formula is C26H27N3O2. The highest BCUT2D eigenvalue weighted by Crippen LogP contribution is 2.25. The van der Waals surface area contributed by atoms with Crippen molar-refractivity contribution in [3.63, 3.8) is 0 Å². The lowest BCUT2D eigenvalue weighted by molar-refractivity contribution is 0.0735. The van der Waals surface area contributed by atoms with Crippen molar-refractivity contribution in [2.24, 2.45) is 0 Å². The van der Waals surface area contributed by atoms with Gasteiger partial charge in [-0.25, -0.2) is 4.98 Å². The highest BCUT2D eigenvalue weighted by molar-refractivity contribution is 5.97. The van der Waals surface area contributed by atoms with Gasteiger partial charge >= 0.3 is 0 Å². The Hall–Kier alpha value is -3.60. The van der Waals surface area contributed by atoms with Crippen molar-refractivity contribution in [1.29, 1.82) is 0 Å². The van der Waals surface area contributed by atoms with Crippen LogP contribution in [0.25, 0.3) is 16.7 Å². The van der Waals surface area contributed by atoms with Crippen LogP contribution in [0.4, 0.5) is 0 Å². The Labute approximate surface area is 182 Å². The second kappa shape index (κ2) is 9.04. The van der Waals surface area contributed by atoms with Crippen LogP contribution in [0.15, 0.2) is 72.8 Å². The first-order chi connectivity index (χ1) is 15.1. The number of methoxy groups -OCH3 is 1. The Kier molecular flexibility index (Phi) is 6.03. The molecule has 1 aromatic heterocycles. The number of fused-ring (bicyclic) bond motifs is 1. The average Bonchev–Trinajstić information content (AvgIpc) is 3.16. The fourth-order valence-corrected chi connectivity index (χ4v) is 3.85. The topological polar surface area (TPSA) is 47.4 Å². The number of ether oxygens (including phenoxy) is 1. The van der Waals surface area contributed by atoms with Crippen molar-refractivity contribution in [2.45, 2.75) is 26.8 Å². The number of para-hydroxylation sites is 3. The molecule has 4 rings (SSSR count). The number of carbonyl (C=O) groups excluding carboxylic acids is 1. The third-order valence-corrected chi connectivity index (χ3v) is 5.37. The molecule has 0 atom stereocenters. The van der Waals surface area contributed by atoms with Crippen LogP contribution in [0.1, 0.15) is 35.1 Å². The zero-order chi connectivity index (χ0) is 21.8. The molecule has 0 N–H and O–H groups in total. The Morgan fingerprint density at radius 3 is 2.45 bits per heavy atom. The number of hydrogen-bond donors (Lipinski definition) is 0. The van der Waals surface area contributed by atoms with Gasteiger partial charge in [-0.15, -0.1) is 0 Å². The first-order valence-electron chi connectivity index (χ1n) is 10.6. The molecule has 0 unspecified atom stereocenters. The summed E-state index contributed by atoms with van der Waals surface area (Å²) in [5, 5.41) is 0. The molecule has 0 aliphatic heterocycles. The summed E-state index contributed by atoms with van der Waals surface area (Å²) in [5.41, 5.74) is 4.75. The van der Waals surface area contributed by atoms with E-state index in [1.54, 1.807) is 7.11 Å². The van der Waals surface area contributed by atoms with E-state index in [9.17, 15) is 4.79 Å². The molecule has 5 heteroatoms. The number of amides is 1. The first-order valence-corrected chi connectivity index (χ1v) is 10.6. The molecule has 0 aliphatic carbocycles. The normalized spacial score (nSPS) is 10.9. The quantitative estimate of drug-likeness (QED) is 0.408.